The molecule has 1 atom stereocenters. The van der Waals surface area contributed by atoms with Gasteiger partial charge in [0.15, 0.2) is 0 Å². The zero-order valence-corrected chi connectivity index (χ0v) is 16.2. The van der Waals surface area contributed by atoms with Gasteiger partial charge in [0.2, 0.25) is 0 Å². The van der Waals surface area contributed by atoms with Gasteiger partial charge in [-0.2, -0.15) is 0 Å². The number of piperidine rings is 2. The Morgan fingerprint density at radius 3 is 2.70 bits per heavy atom. The van der Waals surface area contributed by atoms with Crippen molar-refractivity contribution in [2.75, 3.05) is 26.2 Å². The maximum absolute atomic E-state index is 9.68. The second-order valence-corrected chi connectivity index (χ2v) is 7.98. The van der Waals surface area contributed by atoms with Gasteiger partial charge in [-0.3, -0.25) is 14.8 Å². The highest BCUT2D eigenvalue weighted by molar-refractivity contribution is 5.10. The maximum Gasteiger partial charge on any atom is 0.146 e. The molecule has 4 heterocycles. The van der Waals surface area contributed by atoms with Crippen molar-refractivity contribution in [3.63, 3.8) is 0 Å². The number of aliphatic hydroxyl groups excluding tert-OH is 1. The van der Waals surface area contributed by atoms with Gasteiger partial charge < -0.3 is 9.67 Å². The Kier molecular flexibility index (Phi) is 5.80. The molecule has 0 aliphatic carbocycles. The van der Waals surface area contributed by atoms with E-state index >= 15 is 0 Å². The molecule has 2 aliphatic rings. The molecule has 2 saturated heterocycles. The lowest BCUT2D eigenvalue weighted by atomic mass is 9.97. The average Bonchev–Trinajstić information content (AvgIpc) is 3.05. The second-order valence-electron chi connectivity index (χ2n) is 7.98. The highest BCUT2D eigenvalue weighted by Crippen LogP contribution is 2.27. The minimum absolute atomic E-state index is 0.135. The zero-order valence-electron chi connectivity index (χ0n) is 16.2. The summed E-state index contributed by atoms with van der Waals surface area (Å²) in [5.74, 6) is 2.58. The Balaban J connectivity index is 1.38. The first-order chi connectivity index (χ1) is 13.2. The van der Waals surface area contributed by atoms with Crippen LogP contribution in [0, 0.1) is 0 Å². The molecule has 0 radical (unpaired) electrons. The van der Waals surface area contributed by atoms with Gasteiger partial charge in [0.25, 0.3) is 0 Å². The van der Waals surface area contributed by atoms with Crippen molar-refractivity contribution in [3.05, 3.63) is 41.7 Å². The molecule has 2 aromatic rings. The first kappa shape index (κ1) is 18.5. The molecule has 0 saturated carbocycles. The summed E-state index contributed by atoms with van der Waals surface area (Å²) in [7, 11) is 2.10. The van der Waals surface area contributed by atoms with Crippen molar-refractivity contribution in [1.29, 1.82) is 0 Å². The number of nitrogens with zero attached hydrogens (tertiary/aromatic N) is 6. The summed E-state index contributed by atoms with van der Waals surface area (Å²) in [6, 6.07) is 4.15. The predicted molar refractivity (Wildman–Crippen MR) is 103 cm³/mol. The fourth-order valence-electron chi connectivity index (χ4n) is 4.31. The van der Waals surface area contributed by atoms with E-state index in [4.69, 9.17) is 0 Å². The minimum atomic E-state index is -0.135. The summed E-state index contributed by atoms with van der Waals surface area (Å²) < 4.78 is 2.20. The van der Waals surface area contributed by atoms with Crippen molar-refractivity contribution < 1.29 is 5.11 Å². The van der Waals surface area contributed by atoms with Gasteiger partial charge in [0.1, 0.15) is 11.6 Å². The monoisotopic (exact) mass is 370 g/mol. The predicted octanol–water partition coefficient (Wildman–Crippen LogP) is 1.55. The van der Waals surface area contributed by atoms with Gasteiger partial charge in [-0.15, -0.1) is 10.2 Å². The fourth-order valence-corrected chi connectivity index (χ4v) is 4.31. The van der Waals surface area contributed by atoms with Crippen LogP contribution >= 0.6 is 0 Å². The van der Waals surface area contributed by atoms with E-state index in [2.05, 4.69) is 42.7 Å². The van der Waals surface area contributed by atoms with E-state index in [1.54, 1.807) is 0 Å². The highest BCUT2D eigenvalue weighted by Gasteiger charge is 2.27. The van der Waals surface area contributed by atoms with Crippen LogP contribution in [0.5, 0.6) is 0 Å². The molecule has 27 heavy (non-hydrogen) atoms. The number of aromatic nitrogens is 4. The first-order valence-corrected chi connectivity index (χ1v) is 10.1. The van der Waals surface area contributed by atoms with Crippen molar-refractivity contribution >= 4 is 0 Å². The lowest BCUT2D eigenvalue weighted by Crippen LogP contribution is -2.36. The second kappa shape index (κ2) is 8.46. The smallest absolute Gasteiger partial charge is 0.146 e. The summed E-state index contributed by atoms with van der Waals surface area (Å²) >= 11 is 0. The summed E-state index contributed by atoms with van der Waals surface area (Å²) in [5.41, 5.74) is 1.27. The van der Waals surface area contributed by atoms with Gasteiger partial charge >= 0.3 is 0 Å². The standard InChI is InChI=1S/C20H30N6O/c1-24-19(15-25-10-6-18(27)7-11-25)22-23-20(24)17-5-3-9-26(14-17)13-16-4-2-8-21-12-16/h2,4,8,12,17-18,27H,3,5-7,9-11,13-15H2,1H3. The molecule has 0 aromatic carbocycles. The van der Waals surface area contributed by atoms with E-state index in [-0.39, 0.29) is 6.10 Å². The maximum atomic E-state index is 9.68. The quantitative estimate of drug-likeness (QED) is 0.861. The zero-order chi connectivity index (χ0) is 18.6. The average molecular weight is 371 g/mol. The molecule has 2 aliphatic heterocycles. The Morgan fingerprint density at radius 1 is 1.07 bits per heavy atom. The topological polar surface area (TPSA) is 70.3 Å². The molecular formula is C20H30N6O. The van der Waals surface area contributed by atoms with Crippen molar-refractivity contribution in [3.8, 4) is 0 Å². The Morgan fingerprint density at radius 2 is 1.93 bits per heavy atom. The Bertz CT molecular complexity index is 725. The number of rotatable bonds is 5. The van der Waals surface area contributed by atoms with E-state index in [0.29, 0.717) is 5.92 Å². The van der Waals surface area contributed by atoms with Gasteiger partial charge in [-0.05, 0) is 43.9 Å². The number of hydrogen-bond acceptors (Lipinski definition) is 6. The third-order valence-electron chi connectivity index (χ3n) is 5.92. The molecule has 0 bridgehead atoms. The third kappa shape index (κ3) is 4.54. The van der Waals surface area contributed by atoms with Crippen LogP contribution in [-0.4, -0.2) is 66.9 Å². The molecule has 2 aromatic heterocycles. The van der Waals surface area contributed by atoms with Crippen molar-refractivity contribution in [2.45, 2.75) is 50.8 Å². The minimum Gasteiger partial charge on any atom is -0.393 e. The van der Waals surface area contributed by atoms with E-state index in [1.165, 1.54) is 18.4 Å². The molecular weight excluding hydrogens is 340 g/mol. The van der Waals surface area contributed by atoms with Gasteiger partial charge in [0, 0.05) is 51.5 Å². The number of aliphatic hydroxyl groups is 1. The molecule has 4 rings (SSSR count). The van der Waals surface area contributed by atoms with Crippen LogP contribution in [-0.2, 0) is 20.1 Å². The van der Waals surface area contributed by atoms with Crippen molar-refractivity contribution in [2.24, 2.45) is 7.05 Å². The number of likely N-dealkylation sites (tertiary alicyclic amines) is 2. The van der Waals surface area contributed by atoms with Crippen LogP contribution in [0.25, 0.3) is 0 Å². The van der Waals surface area contributed by atoms with Crippen LogP contribution in [0.4, 0.5) is 0 Å². The summed E-state index contributed by atoms with van der Waals surface area (Å²) in [6.07, 6.45) is 7.73. The molecule has 146 valence electrons. The van der Waals surface area contributed by atoms with Crippen LogP contribution in [0.2, 0.25) is 0 Å². The molecule has 0 amide bonds. The molecule has 7 heteroatoms. The molecule has 7 nitrogen and oxygen atoms in total. The van der Waals surface area contributed by atoms with E-state index in [0.717, 1.165) is 63.8 Å². The Labute approximate surface area is 161 Å². The normalized spacial score (nSPS) is 23.0. The fraction of sp³-hybridized carbons (Fsp3) is 0.650. The molecule has 1 unspecified atom stereocenters. The van der Waals surface area contributed by atoms with Crippen LogP contribution < -0.4 is 0 Å². The summed E-state index contributed by atoms with van der Waals surface area (Å²) in [5, 5.41) is 18.7. The van der Waals surface area contributed by atoms with Crippen molar-refractivity contribution in [1.82, 2.24) is 29.5 Å². The number of pyridine rings is 1. The van der Waals surface area contributed by atoms with Crippen LogP contribution in [0.15, 0.2) is 24.5 Å². The Hall–Kier alpha value is -1.83. The number of hydrogen-bond donors (Lipinski definition) is 1. The van der Waals surface area contributed by atoms with Gasteiger partial charge in [-0.25, -0.2) is 0 Å². The first-order valence-electron chi connectivity index (χ1n) is 10.1. The largest absolute Gasteiger partial charge is 0.393 e. The molecule has 2 fully saturated rings. The van der Waals surface area contributed by atoms with Crippen LogP contribution in [0.3, 0.4) is 0 Å². The summed E-state index contributed by atoms with van der Waals surface area (Å²) in [4.78, 5) is 9.11. The van der Waals surface area contributed by atoms with E-state index in [9.17, 15) is 5.11 Å². The van der Waals surface area contributed by atoms with Gasteiger partial charge in [0.05, 0.1) is 12.6 Å². The lowest BCUT2D eigenvalue weighted by molar-refractivity contribution is 0.0775. The third-order valence-corrected chi connectivity index (χ3v) is 5.92. The van der Waals surface area contributed by atoms with Gasteiger partial charge in [-0.1, -0.05) is 6.07 Å². The molecule has 0 spiro atoms. The van der Waals surface area contributed by atoms with E-state index in [1.807, 2.05) is 18.5 Å². The SMILES string of the molecule is Cn1c(CN2CCC(O)CC2)nnc1C1CCCN(Cc2cccnc2)C1. The molecule has 1 N–H and O–H groups in total. The van der Waals surface area contributed by atoms with Crippen LogP contribution in [0.1, 0.15) is 48.8 Å². The van der Waals surface area contributed by atoms with E-state index < -0.39 is 0 Å². The summed E-state index contributed by atoms with van der Waals surface area (Å²) in [6.45, 7) is 5.80. The highest BCUT2D eigenvalue weighted by atomic mass is 16.3. The lowest BCUT2D eigenvalue weighted by Gasteiger charge is -2.32.